The third kappa shape index (κ3) is 4.77. The van der Waals surface area contributed by atoms with Gasteiger partial charge in [-0.15, -0.1) is 0 Å². The molecule has 6 heteroatoms. The van der Waals surface area contributed by atoms with E-state index in [0.29, 0.717) is 17.9 Å². The van der Waals surface area contributed by atoms with Crippen molar-refractivity contribution in [2.75, 3.05) is 17.3 Å². The van der Waals surface area contributed by atoms with Crippen LogP contribution in [0.25, 0.3) is 0 Å². The molecule has 0 bridgehead atoms. The highest BCUT2D eigenvalue weighted by atomic mass is 32.2. The summed E-state index contributed by atoms with van der Waals surface area (Å²) in [6.07, 6.45) is 3.60. The maximum atomic E-state index is 13.2. The van der Waals surface area contributed by atoms with E-state index >= 15 is 0 Å². The standard InChI is InChI=1S/C21H23NO4S/c1-2-3-14-26-20-11-9-17(10-12-20)21(23)22(18-7-5-4-6-8-18)19-13-15-27(24,25)16-19/h4-13,15,19H,2-3,14,16H2,1H3. The lowest BCUT2D eigenvalue weighted by atomic mass is 10.1. The third-order valence-corrected chi connectivity index (χ3v) is 5.74. The Morgan fingerprint density at radius 3 is 2.41 bits per heavy atom. The number of anilines is 1. The summed E-state index contributed by atoms with van der Waals surface area (Å²) in [5.74, 6) is 0.369. The van der Waals surface area contributed by atoms with Gasteiger partial charge in [-0.3, -0.25) is 4.79 Å². The van der Waals surface area contributed by atoms with Crippen LogP contribution in [0.4, 0.5) is 5.69 Å². The maximum Gasteiger partial charge on any atom is 0.258 e. The molecule has 1 aliphatic rings. The number of nitrogens with zero attached hydrogens (tertiary/aromatic N) is 1. The van der Waals surface area contributed by atoms with Crippen molar-refractivity contribution < 1.29 is 17.9 Å². The zero-order valence-electron chi connectivity index (χ0n) is 15.2. The van der Waals surface area contributed by atoms with Gasteiger partial charge in [0.05, 0.1) is 18.4 Å². The van der Waals surface area contributed by atoms with Gasteiger partial charge in [0, 0.05) is 16.7 Å². The third-order valence-electron chi connectivity index (χ3n) is 4.36. The molecule has 2 aromatic rings. The first kappa shape index (κ1) is 19.2. The number of para-hydroxylation sites is 1. The number of sulfone groups is 1. The fourth-order valence-corrected chi connectivity index (χ4v) is 4.20. The van der Waals surface area contributed by atoms with Gasteiger partial charge in [0.2, 0.25) is 0 Å². The van der Waals surface area contributed by atoms with Crippen LogP contribution in [-0.2, 0) is 9.84 Å². The van der Waals surface area contributed by atoms with Gasteiger partial charge in [0.25, 0.3) is 5.91 Å². The van der Waals surface area contributed by atoms with Crippen LogP contribution in [-0.4, -0.2) is 32.7 Å². The summed E-state index contributed by atoms with van der Waals surface area (Å²) in [6, 6.07) is 15.6. The summed E-state index contributed by atoms with van der Waals surface area (Å²) in [4.78, 5) is 14.7. The fourth-order valence-electron chi connectivity index (χ4n) is 2.94. The first-order chi connectivity index (χ1) is 13.0. The molecule has 1 heterocycles. The molecule has 1 amide bonds. The first-order valence-electron chi connectivity index (χ1n) is 9.02. The number of rotatable bonds is 7. The maximum absolute atomic E-state index is 13.2. The second-order valence-corrected chi connectivity index (χ2v) is 8.39. The van der Waals surface area contributed by atoms with Crippen LogP contribution >= 0.6 is 0 Å². The number of benzene rings is 2. The van der Waals surface area contributed by atoms with Crippen LogP contribution in [0.15, 0.2) is 66.1 Å². The highest BCUT2D eigenvalue weighted by Gasteiger charge is 2.31. The summed E-state index contributed by atoms with van der Waals surface area (Å²) in [5, 5.41) is 1.19. The molecule has 0 radical (unpaired) electrons. The van der Waals surface area contributed by atoms with E-state index in [4.69, 9.17) is 4.74 Å². The van der Waals surface area contributed by atoms with E-state index in [2.05, 4.69) is 6.92 Å². The molecule has 27 heavy (non-hydrogen) atoms. The number of ether oxygens (including phenoxy) is 1. The Kier molecular flexibility index (Phi) is 5.96. The summed E-state index contributed by atoms with van der Waals surface area (Å²) >= 11 is 0. The van der Waals surface area contributed by atoms with Crippen LogP contribution in [0, 0.1) is 0 Å². The fraction of sp³-hybridized carbons (Fsp3) is 0.286. The minimum absolute atomic E-state index is 0.105. The van der Waals surface area contributed by atoms with E-state index in [1.165, 1.54) is 10.3 Å². The lowest BCUT2D eigenvalue weighted by molar-refractivity contribution is 0.0983. The zero-order chi connectivity index (χ0) is 19.3. The molecule has 0 saturated carbocycles. The number of hydrogen-bond donors (Lipinski definition) is 0. The highest BCUT2D eigenvalue weighted by Crippen LogP contribution is 2.25. The molecule has 0 N–H and O–H groups in total. The average molecular weight is 385 g/mol. The Balaban J connectivity index is 1.84. The van der Waals surface area contributed by atoms with Crippen molar-refractivity contribution in [2.24, 2.45) is 0 Å². The van der Waals surface area contributed by atoms with E-state index < -0.39 is 15.9 Å². The molecule has 0 aliphatic carbocycles. The zero-order valence-corrected chi connectivity index (χ0v) is 16.1. The van der Waals surface area contributed by atoms with Crippen LogP contribution in [0.1, 0.15) is 30.1 Å². The second kappa shape index (κ2) is 8.39. The van der Waals surface area contributed by atoms with Crippen molar-refractivity contribution >= 4 is 21.4 Å². The topological polar surface area (TPSA) is 63.7 Å². The number of unbranched alkanes of at least 4 members (excludes halogenated alkanes) is 1. The lowest BCUT2D eigenvalue weighted by Crippen LogP contribution is -2.41. The minimum Gasteiger partial charge on any atom is -0.494 e. The lowest BCUT2D eigenvalue weighted by Gasteiger charge is -2.27. The van der Waals surface area contributed by atoms with Gasteiger partial charge in [-0.25, -0.2) is 8.42 Å². The van der Waals surface area contributed by atoms with Gasteiger partial charge in [0.15, 0.2) is 9.84 Å². The molecule has 0 aromatic heterocycles. The largest absolute Gasteiger partial charge is 0.494 e. The van der Waals surface area contributed by atoms with Gasteiger partial charge in [-0.05, 0) is 48.9 Å². The molecular formula is C21H23NO4S. The molecular weight excluding hydrogens is 362 g/mol. The van der Waals surface area contributed by atoms with Gasteiger partial charge in [-0.1, -0.05) is 31.5 Å². The van der Waals surface area contributed by atoms with Crippen molar-refractivity contribution in [3.8, 4) is 5.75 Å². The molecule has 3 rings (SSSR count). The summed E-state index contributed by atoms with van der Waals surface area (Å²) < 4.78 is 29.4. The van der Waals surface area contributed by atoms with E-state index in [0.717, 1.165) is 18.6 Å². The Morgan fingerprint density at radius 1 is 1.11 bits per heavy atom. The monoisotopic (exact) mass is 385 g/mol. The molecule has 142 valence electrons. The quantitative estimate of drug-likeness (QED) is 0.680. The van der Waals surface area contributed by atoms with Crippen molar-refractivity contribution in [3.63, 3.8) is 0 Å². The Labute approximate surface area is 160 Å². The minimum atomic E-state index is -3.28. The SMILES string of the molecule is CCCCOc1ccc(C(=O)N(c2ccccc2)C2C=CS(=O)(=O)C2)cc1. The number of hydrogen-bond acceptors (Lipinski definition) is 4. The van der Waals surface area contributed by atoms with Crippen LogP contribution in [0.2, 0.25) is 0 Å². The second-order valence-electron chi connectivity index (χ2n) is 6.46. The van der Waals surface area contributed by atoms with E-state index in [-0.39, 0.29) is 11.7 Å². The first-order valence-corrected chi connectivity index (χ1v) is 10.7. The van der Waals surface area contributed by atoms with Crippen molar-refractivity contribution in [3.05, 3.63) is 71.6 Å². The molecule has 1 unspecified atom stereocenters. The molecule has 5 nitrogen and oxygen atoms in total. The normalized spacial score (nSPS) is 17.6. The smallest absolute Gasteiger partial charge is 0.258 e. The Hall–Kier alpha value is -2.60. The van der Waals surface area contributed by atoms with Crippen molar-refractivity contribution in [1.82, 2.24) is 0 Å². The van der Waals surface area contributed by atoms with Crippen molar-refractivity contribution in [2.45, 2.75) is 25.8 Å². The van der Waals surface area contributed by atoms with E-state index in [1.54, 1.807) is 42.5 Å². The van der Waals surface area contributed by atoms with Gasteiger partial charge in [0.1, 0.15) is 5.75 Å². The molecule has 1 atom stereocenters. The predicted octanol–water partition coefficient (Wildman–Crippen LogP) is 3.82. The number of carbonyl (C=O) groups is 1. The molecule has 0 spiro atoms. The Morgan fingerprint density at radius 2 is 1.81 bits per heavy atom. The van der Waals surface area contributed by atoms with E-state index in [9.17, 15) is 13.2 Å². The molecule has 1 aliphatic heterocycles. The predicted molar refractivity (Wildman–Crippen MR) is 107 cm³/mol. The van der Waals surface area contributed by atoms with Gasteiger partial charge >= 0.3 is 0 Å². The van der Waals surface area contributed by atoms with Crippen LogP contribution < -0.4 is 9.64 Å². The average Bonchev–Trinajstić information content (AvgIpc) is 3.03. The molecule has 0 saturated heterocycles. The van der Waals surface area contributed by atoms with Crippen LogP contribution in [0.5, 0.6) is 5.75 Å². The summed E-state index contributed by atoms with van der Waals surface area (Å²) in [7, 11) is -3.28. The van der Waals surface area contributed by atoms with Crippen LogP contribution in [0.3, 0.4) is 0 Å². The van der Waals surface area contributed by atoms with Crippen molar-refractivity contribution in [1.29, 1.82) is 0 Å². The van der Waals surface area contributed by atoms with Gasteiger partial charge in [-0.2, -0.15) is 0 Å². The highest BCUT2D eigenvalue weighted by molar-refractivity contribution is 7.94. The van der Waals surface area contributed by atoms with E-state index in [1.807, 2.05) is 18.2 Å². The summed E-state index contributed by atoms with van der Waals surface area (Å²) in [5.41, 5.74) is 1.15. The van der Waals surface area contributed by atoms with Gasteiger partial charge < -0.3 is 9.64 Å². The molecule has 2 aromatic carbocycles. The molecule has 0 fully saturated rings. The number of carbonyl (C=O) groups excluding carboxylic acids is 1. The number of amides is 1. The summed E-state index contributed by atoms with van der Waals surface area (Å²) in [6.45, 7) is 2.74. The Bertz CT molecular complexity index is 905.